The van der Waals surface area contributed by atoms with Crippen LogP contribution in [0.2, 0.25) is 0 Å². The van der Waals surface area contributed by atoms with E-state index in [0.29, 0.717) is 30.1 Å². The van der Waals surface area contributed by atoms with Crippen molar-refractivity contribution in [3.63, 3.8) is 0 Å². The lowest BCUT2D eigenvalue weighted by Crippen LogP contribution is -2.58. The van der Waals surface area contributed by atoms with Gasteiger partial charge in [0.1, 0.15) is 6.10 Å². The van der Waals surface area contributed by atoms with E-state index in [2.05, 4.69) is 10.3 Å². The summed E-state index contributed by atoms with van der Waals surface area (Å²) in [6.45, 7) is 0.805. The predicted molar refractivity (Wildman–Crippen MR) is 88.7 cm³/mol. The lowest BCUT2D eigenvalue weighted by atomic mass is 10.1. The monoisotopic (exact) mass is 336 g/mol. The molecule has 0 saturated carbocycles. The topological polar surface area (TPSA) is 95.3 Å². The van der Waals surface area contributed by atoms with Crippen LogP contribution >= 0.6 is 0 Å². The molecule has 2 aromatic rings. The van der Waals surface area contributed by atoms with Crippen molar-refractivity contribution in [3.8, 4) is 11.9 Å². The second-order valence-electron chi connectivity index (χ2n) is 5.58. The molecule has 0 spiro atoms. The van der Waals surface area contributed by atoms with Gasteiger partial charge in [-0.25, -0.2) is 4.98 Å². The maximum Gasteiger partial charge on any atom is 0.251 e. The molecule has 126 valence electrons. The Morgan fingerprint density at radius 3 is 2.76 bits per heavy atom. The van der Waals surface area contributed by atoms with E-state index in [4.69, 9.17) is 10.00 Å². The molecular weight excluding hydrogens is 320 g/mol. The standard InChI is InChI=1S/C18H16N4O3/c19-9-13-6-7-20-16(8-13)25-15-11-22(12-15)17(23)10-21-18(24)14-4-2-1-3-5-14/h1-8,15H,10-12H2,(H,21,24). The number of hydrogen-bond donors (Lipinski definition) is 1. The molecule has 1 saturated heterocycles. The molecule has 0 atom stereocenters. The second kappa shape index (κ2) is 7.45. The van der Waals surface area contributed by atoms with Crippen molar-refractivity contribution in [2.24, 2.45) is 0 Å². The Hall–Kier alpha value is -3.40. The van der Waals surface area contributed by atoms with Crippen LogP contribution in [-0.2, 0) is 4.79 Å². The summed E-state index contributed by atoms with van der Waals surface area (Å²) in [5.41, 5.74) is 0.990. The van der Waals surface area contributed by atoms with E-state index in [-0.39, 0.29) is 24.5 Å². The van der Waals surface area contributed by atoms with Gasteiger partial charge in [-0.05, 0) is 18.2 Å². The van der Waals surface area contributed by atoms with Crippen molar-refractivity contribution in [1.82, 2.24) is 15.2 Å². The number of hydrogen-bond acceptors (Lipinski definition) is 5. The van der Waals surface area contributed by atoms with E-state index in [0.717, 1.165) is 0 Å². The fourth-order valence-corrected chi connectivity index (χ4v) is 2.39. The quantitative estimate of drug-likeness (QED) is 0.878. The number of nitriles is 1. The molecule has 2 amide bonds. The van der Waals surface area contributed by atoms with E-state index in [9.17, 15) is 9.59 Å². The highest BCUT2D eigenvalue weighted by Crippen LogP contribution is 2.16. The molecule has 7 nitrogen and oxygen atoms in total. The minimum Gasteiger partial charge on any atom is -0.471 e. The molecule has 25 heavy (non-hydrogen) atoms. The molecule has 1 aromatic heterocycles. The van der Waals surface area contributed by atoms with Crippen LogP contribution in [-0.4, -0.2) is 47.4 Å². The average molecular weight is 336 g/mol. The number of amides is 2. The summed E-state index contributed by atoms with van der Waals surface area (Å²) in [4.78, 5) is 29.6. The molecule has 1 aliphatic rings. The zero-order chi connectivity index (χ0) is 17.6. The number of rotatable bonds is 5. The fourth-order valence-electron chi connectivity index (χ4n) is 2.39. The van der Waals surface area contributed by atoms with Crippen LogP contribution in [0.4, 0.5) is 0 Å². The number of nitrogens with zero attached hydrogens (tertiary/aromatic N) is 3. The van der Waals surface area contributed by atoms with Crippen LogP contribution in [0.15, 0.2) is 48.7 Å². The number of likely N-dealkylation sites (tertiary alicyclic amines) is 1. The summed E-state index contributed by atoms with van der Waals surface area (Å²) < 4.78 is 5.62. The highest BCUT2D eigenvalue weighted by atomic mass is 16.5. The molecule has 3 rings (SSSR count). The first-order chi connectivity index (χ1) is 12.2. The van der Waals surface area contributed by atoms with Crippen molar-refractivity contribution >= 4 is 11.8 Å². The maximum atomic E-state index is 12.1. The SMILES string of the molecule is N#Cc1ccnc(OC2CN(C(=O)CNC(=O)c3ccccc3)C2)c1. The Morgan fingerprint density at radius 2 is 2.04 bits per heavy atom. The Kier molecular flexibility index (Phi) is 4.90. The third kappa shape index (κ3) is 4.12. The van der Waals surface area contributed by atoms with Gasteiger partial charge in [0.25, 0.3) is 5.91 Å². The largest absolute Gasteiger partial charge is 0.471 e. The normalized spacial score (nSPS) is 13.5. The first-order valence-corrected chi connectivity index (χ1v) is 7.79. The number of ether oxygens (including phenoxy) is 1. The molecular formula is C18H16N4O3. The van der Waals surface area contributed by atoms with Gasteiger partial charge in [-0.3, -0.25) is 9.59 Å². The number of pyridine rings is 1. The summed E-state index contributed by atoms with van der Waals surface area (Å²) in [7, 11) is 0. The van der Waals surface area contributed by atoms with Crippen molar-refractivity contribution in [2.75, 3.05) is 19.6 Å². The van der Waals surface area contributed by atoms with Crippen molar-refractivity contribution in [1.29, 1.82) is 5.26 Å². The van der Waals surface area contributed by atoms with Gasteiger partial charge in [0.2, 0.25) is 11.8 Å². The van der Waals surface area contributed by atoms with Crippen LogP contribution in [0.5, 0.6) is 5.88 Å². The van der Waals surface area contributed by atoms with E-state index in [1.807, 2.05) is 12.1 Å². The molecule has 1 N–H and O–H groups in total. The minimum atomic E-state index is -0.278. The molecule has 7 heteroatoms. The van der Waals surface area contributed by atoms with Gasteiger partial charge in [0.15, 0.2) is 0 Å². The highest BCUT2D eigenvalue weighted by molar-refractivity contribution is 5.96. The zero-order valence-electron chi connectivity index (χ0n) is 13.4. The summed E-state index contributed by atoms with van der Waals surface area (Å²) in [5, 5.41) is 11.5. The van der Waals surface area contributed by atoms with Gasteiger partial charge in [-0.15, -0.1) is 0 Å². The average Bonchev–Trinajstić information content (AvgIpc) is 2.63. The molecule has 0 aliphatic carbocycles. The Bertz CT molecular complexity index is 811. The van der Waals surface area contributed by atoms with E-state index >= 15 is 0 Å². The minimum absolute atomic E-state index is 0.0530. The lowest BCUT2D eigenvalue weighted by molar-refractivity contribution is -0.138. The lowest BCUT2D eigenvalue weighted by Gasteiger charge is -2.38. The molecule has 0 bridgehead atoms. The predicted octanol–water partition coefficient (Wildman–Crippen LogP) is 0.973. The number of carbonyl (C=O) groups is 2. The number of carbonyl (C=O) groups excluding carboxylic acids is 2. The summed E-state index contributed by atoms with van der Waals surface area (Å²) in [6.07, 6.45) is 1.35. The summed E-state index contributed by atoms with van der Waals surface area (Å²) in [6, 6.07) is 13.9. The van der Waals surface area contributed by atoms with Crippen molar-refractivity contribution in [3.05, 3.63) is 59.8 Å². The van der Waals surface area contributed by atoms with Crippen molar-refractivity contribution < 1.29 is 14.3 Å². The van der Waals surface area contributed by atoms with Gasteiger partial charge >= 0.3 is 0 Å². The van der Waals surface area contributed by atoms with Crippen LogP contribution in [0.25, 0.3) is 0 Å². The first-order valence-electron chi connectivity index (χ1n) is 7.79. The zero-order valence-corrected chi connectivity index (χ0v) is 13.4. The second-order valence-corrected chi connectivity index (χ2v) is 5.58. The third-order valence-electron chi connectivity index (χ3n) is 3.79. The number of aromatic nitrogens is 1. The Labute approximate surface area is 144 Å². The number of nitrogens with one attached hydrogen (secondary N) is 1. The van der Waals surface area contributed by atoms with Crippen LogP contribution < -0.4 is 10.1 Å². The van der Waals surface area contributed by atoms with E-state index < -0.39 is 0 Å². The van der Waals surface area contributed by atoms with Crippen LogP contribution in [0.1, 0.15) is 15.9 Å². The smallest absolute Gasteiger partial charge is 0.251 e. The third-order valence-corrected chi connectivity index (χ3v) is 3.79. The van der Waals surface area contributed by atoms with Gasteiger partial charge in [0, 0.05) is 17.8 Å². The Morgan fingerprint density at radius 1 is 1.28 bits per heavy atom. The van der Waals surface area contributed by atoms with Gasteiger partial charge < -0.3 is 15.0 Å². The molecule has 1 aromatic carbocycles. The first kappa shape index (κ1) is 16.5. The molecule has 0 radical (unpaired) electrons. The number of benzene rings is 1. The Balaban J connectivity index is 1.42. The summed E-state index contributed by atoms with van der Waals surface area (Å²) in [5.74, 6) is -0.0730. The maximum absolute atomic E-state index is 12.1. The molecule has 1 aliphatic heterocycles. The van der Waals surface area contributed by atoms with Gasteiger partial charge in [-0.1, -0.05) is 18.2 Å². The van der Waals surface area contributed by atoms with E-state index in [1.165, 1.54) is 6.20 Å². The molecule has 0 unspecified atom stereocenters. The molecule has 2 heterocycles. The van der Waals surface area contributed by atoms with E-state index in [1.54, 1.807) is 41.3 Å². The van der Waals surface area contributed by atoms with Crippen LogP contribution in [0, 0.1) is 11.3 Å². The molecule has 1 fully saturated rings. The fraction of sp³-hybridized carbons (Fsp3) is 0.222. The van der Waals surface area contributed by atoms with Gasteiger partial charge in [-0.2, -0.15) is 5.26 Å². The van der Waals surface area contributed by atoms with Gasteiger partial charge in [0.05, 0.1) is 31.3 Å². The van der Waals surface area contributed by atoms with Crippen molar-refractivity contribution in [2.45, 2.75) is 6.10 Å². The van der Waals surface area contributed by atoms with Crippen LogP contribution in [0.3, 0.4) is 0 Å². The highest BCUT2D eigenvalue weighted by Gasteiger charge is 2.32. The summed E-state index contributed by atoms with van der Waals surface area (Å²) >= 11 is 0.